The maximum absolute atomic E-state index is 9.29. The fraction of sp³-hybridized carbons (Fsp3) is 0.789. The second-order valence-corrected chi connectivity index (χ2v) is 19.5. The Hall–Kier alpha value is 0.239. The first-order valence-corrected chi connectivity index (χ1v) is 16.5. The molecule has 0 atom stereocenters. The van der Waals surface area contributed by atoms with E-state index in [9.17, 15) is 5.11 Å². The molecule has 21 heavy (non-hydrogen) atoms. The molecule has 0 heterocycles. The van der Waals surface area contributed by atoms with Gasteiger partial charge in [0, 0.05) is 0 Å². The van der Waals surface area contributed by atoms with Crippen LogP contribution >= 0.6 is 0 Å². The average Bonchev–Trinajstić information content (AvgIpc) is 2.49. The molecule has 1 N–H and O–H groups in total. The summed E-state index contributed by atoms with van der Waals surface area (Å²) < 4.78 is 6.21. The van der Waals surface area contributed by atoms with Crippen molar-refractivity contribution in [2.24, 2.45) is 0 Å². The third-order valence-corrected chi connectivity index (χ3v) is 21.1. The van der Waals surface area contributed by atoms with Crippen LogP contribution in [0.15, 0.2) is 21.3 Å². The van der Waals surface area contributed by atoms with Crippen molar-refractivity contribution in [1.29, 1.82) is 0 Å². The predicted molar refractivity (Wildman–Crippen MR) is 99.5 cm³/mol. The molecule has 0 amide bonds. The van der Waals surface area contributed by atoms with E-state index in [4.69, 9.17) is 0 Å². The third-order valence-electron chi connectivity index (χ3n) is 4.71. The Morgan fingerprint density at radius 3 is 1.62 bits per heavy atom. The topological polar surface area (TPSA) is 20.2 Å². The van der Waals surface area contributed by atoms with Gasteiger partial charge in [-0.05, 0) is 0 Å². The van der Waals surface area contributed by atoms with E-state index >= 15 is 0 Å². The summed E-state index contributed by atoms with van der Waals surface area (Å²) in [6.45, 7) is 11.6. The van der Waals surface area contributed by atoms with Crippen molar-refractivity contribution in [3.8, 4) is 0 Å². The Balaban J connectivity index is 5.49. The molecule has 0 aromatic rings. The molecule has 0 aliphatic heterocycles. The normalized spacial score (nSPS) is 13.8. The van der Waals surface area contributed by atoms with Crippen LogP contribution in [0.5, 0.6) is 0 Å². The van der Waals surface area contributed by atoms with Gasteiger partial charge in [-0.25, -0.2) is 0 Å². The summed E-state index contributed by atoms with van der Waals surface area (Å²) in [6.07, 6.45) is 12.6. The number of aliphatic hydroxyl groups is 1. The molecule has 0 aromatic carbocycles. The fourth-order valence-corrected chi connectivity index (χ4v) is 21.2. The van der Waals surface area contributed by atoms with Gasteiger partial charge >= 0.3 is 138 Å². The zero-order chi connectivity index (χ0) is 16.1. The Morgan fingerprint density at radius 2 is 1.33 bits per heavy atom. The molecule has 0 spiro atoms. The first kappa shape index (κ1) is 21.2. The van der Waals surface area contributed by atoms with Crippen LogP contribution in [0.2, 0.25) is 13.3 Å². The number of allylic oxidation sites excluding steroid dienone is 3. The summed E-state index contributed by atoms with van der Waals surface area (Å²) >= 11 is -2.29. The molecular weight excluding hydrogens is 363 g/mol. The third kappa shape index (κ3) is 7.36. The molecule has 0 aliphatic carbocycles. The second kappa shape index (κ2) is 12.8. The van der Waals surface area contributed by atoms with Gasteiger partial charge in [0.15, 0.2) is 0 Å². The van der Waals surface area contributed by atoms with Gasteiger partial charge in [0.05, 0.1) is 0 Å². The zero-order valence-corrected chi connectivity index (χ0v) is 18.0. The van der Waals surface area contributed by atoms with Gasteiger partial charge in [0.1, 0.15) is 0 Å². The Kier molecular flexibility index (Phi) is 12.9. The summed E-state index contributed by atoms with van der Waals surface area (Å²) in [5.41, 5.74) is 1.37. The van der Waals surface area contributed by atoms with E-state index in [1.807, 2.05) is 6.08 Å². The van der Waals surface area contributed by atoms with Gasteiger partial charge in [-0.1, -0.05) is 0 Å². The molecule has 1 nitrogen and oxygen atoms in total. The van der Waals surface area contributed by atoms with Crippen molar-refractivity contribution in [3.05, 3.63) is 21.3 Å². The van der Waals surface area contributed by atoms with Crippen LogP contribution in [-0.4, -0.2) is 30.1 Å². The summed E-state index contributed by atoms with van der Waals surface area (Å²) in [5, 5.41) is 9.29. The van der Waals surface area contributed by atoms with Gasteiger partial charge in [0.2, 0.25) is 0 Å². The summed E-state index contributed by atoms with van der Waals surface area (Å²) in [7, 11) is 0. The molecule has 0 saturated heterocycles. The summed E-state index contributed by atoms with van der Waals surface area (Å²) in [5.74, 6) is 0. The van der Waals surface area contributed by atoms with E-state index < -0.39 is 18.4 Å². The van der Waals surface area contributed by atoms with Crippen LogP contribution in [0.3, 0.4) is 0 Å². The molecule has 0 unspecified atom stereocenters. The first-order chi connectivity index (χ1) is 10.1. The van der Waals surface area contributed by atoms with Crippen LogP contribution < -0.4 is 0 Å². The molecular formula is C19H38OSn. The molecule has 0 bridgehead atoms. The van der Waals surface area contributed by atoms with Crippen LogP contribution in [-0.2, 0) is 0 Å². The Labute approximate surface area is 137 Å². The minimum absolute atomic E-state index is 0.181. The molecule has 0 saturated carbocycles. The zero-order valence-electron chi connectivity index (χ0n) is 15.2. The van der Waals surface area contributed by atoms with Crippen molar-refractivity contribution < 1.29 is 5.11 Å². The minimum atomic E-state index is -2.29. The Morgan fingerprint density at radius 1 is 0.905 bits per heavy atom. The van der Waals surface area contributed by atoms with Crippen molar-refractivity contribution in [3.63, 3.8) is 0 Å². The number of aliphatic hydroxyl groups excluding tert-OH is 1. The SMILES string of the molecule is C/C=[C](\C(C)=C/CO)[Sn]([CH2]CCC)([CH2]CCC)[CH2]CCC. The van der Waals surface area contributed by atoms with Crippen molar-refractivity contribution in [2.45, 2.75) is 86.5 Å². The standard InChI is InChI=1S/C7H11O.3C4H9.Sn/c1-3-4-7(2)5-6-8;3*1-3-4-2;/h3,5,8H,6H2,1-2H3;3*1,3-4H2,2H3;/b4-3?,7-5-;;;;. The predicted octanol–water partition coefficient (Wildman–Crippen LogP) is 6.26. The van der Waals surface area contributed by atoms with Gasteiger partial charge in [-0.2, -0.15) is 0 Å². The van der Waals surface area contributed by atoms with Crippen molar-refractivity contribution in [2.75, 3.05) is 6.61 Å². The van der Waals surface area contributed by atoms with Gasteiger partial charge < -0.3 is 0 Å². The van der Waals surface area contributed by atoms with Crippen LogP contribution in [0.1, 0.15) is 73.1 Å². The van der Waals surface area contributed by atoms with Crippen LogP contribution in [0, 0.1) is 0 Å². The van der Waals surface area contributed by atoms with E-state index in [1.54, 1.807) is 3.59 Å². The molecule has 0 radical (unpaired) electrons. The quantitative estimate of drug-likeness (QED) is 0.302. The van der Waals surface area contributed by atoms with E-state index in [1.165, 1.54) is 57.4 Å². The van der Waals surface area contributed by atoms with Crippen molar-refractivity contribution in [1.82, 2.24) is 0 Å². The molecule has 124 valence electrons. The molecule has 0 rings (SSSR count). The van der Waals surface area contributed by atoms with Crippen LogP contribution in [0.25, 0.3) is 0 Å². The number of hydrogen-bond acceptors (Lipinski definition) is 1. The average molecular weight is 401 g/mol. The summed E-state index contributed by atoms with van der Waals surface area (Å²) in [6, 6.07) is 0. The van der Waals surface area contributed by atoms with Gasteiger partial charge in [-0.15, -0.1) is 0 Å². The number of rotatable bonds is 12. The van der Waals surface area contributed by atoms with E-state index in [-0.39, 0.29) is 6.61 Å². The number of hydrogen-bond donors (Lipinski definition) is 1. The monoisotopic (exact) mass is 402 g/mol. The van der Waals surface area contributed by atoms with E-state index in [2.05, 4.69) is 40.7 Å². The molecule has 0 aromatic heterocycles. The number of unbranched alkanes of at least 4 members (excludes halogenated alkanes) is 3. The van der Waals surface area contributed by atoms with Gasteiger partial charge in [-0.3, -0.25) is 0 Å². The second-order valence-electron chi connectivity index (χ2n) is 6.36. The fourth-order valence-electron chi connectivity index (χ4n) is 3.52. The maximum atomic E-state index is 9.29. The molecule has 0 fully saturated rings. The van der Waals surface area contributed by atoms with Crippen LogP contribution in [0.4, 0.5) is 0 Å². The molecule has 2 heteroatoms. The Bertz CT molecular complexity index is 296. The first-order valence-electron chi connectivity index (χ1n) is 9.06. The van der Waals surface area contributed by atoms with Gasteiger partial charge in [0.25, 0.3) is 0 Å². The summed E-state index contributed by atoms with van der Waals surface area (Å²) in [4.78, 5) is 0. The molecule has 0 aliphatic rings. The van der Waals surface area contributed by atoms with E-state index in [0.29, 0.717) is 0 Å². The van der Waals surface area contributed by atoms with E-state index in [0.717, 1.165) is 0 Å². The van der Waals surface area contributed by atoms with Crippen molar-refractivity contribution >= 4 is 18.4 Å².